The number of hydrogen-bond donors (Lipinski definition) is 3. The molecule has 3 N–H and O–H groups in total. The number of phenolic OH excluding ortho intramolecular Hbond substituents is 1. The lowest BCUT2D eigenvalue weighted by atomic mass is 10.2. The molecule has 3 rings (SSSR count). The highest BCUT2D eigenvalue weighted by Crippen LogP contribution is 2.30. The molecule has 0 fully saturated rings. The molecule has 27 heavy (non-hydrogen) atoms. The molecule has 0 saturated carbocycles. The lowest BCUT2D eigenvalue weighted by Gasteiger charge is -2.11. The molecule has 140 valence electrons. The van der Waals surface area contributed by atoms with Crippen molar-refractivity contribution in [2.24, 2.45) is 0 Å². The maximum Gasteiger partial charge on any atom is 0.234 e. The van der Waals surface area contributed by atoms with Crippen LogP contribution in [0.25, 0.3) is 11.4 Å². The molecule has 1 amide bonds. The van der Waals surface area contributed by atoms with E-state index < -0.39 is 0 Å². The van der Waals surface area contributed by atoms with Crippen LogP contribution in [0.4, 0.5) is 5.69 Å². The molecule has 0 radical (unpaired) electrons. The van der Waals surface area contributed by atoms with E-state index >= 15 is 0 Å². The number of carbonyl (C=O) groups is 1. The van der Waals surface area contributed by atoms with Gasteiger partial charge in [-0.25, -0.2) is 4.98 Å². The number of nitrogens with zero attached hydrogens (tertiary/aromatic N) is 2. The number of aromatic amines is 1. The Morgan fingerprint density at radius 1 is 1.22 bits per heavy atom. The van der Waals surface area contributed by atoms with E-state index in [1.54, 1.807) is 49.6 Å². The number of benzene rings is 2. The molecule has 0 atom stereocenters. The predicted octanol–water partition coefficient (Wildman–Crippen LogP) is 2.93. The third-order valence-electron chi connectivity index (χ3n) is 3.64. The van der Waals surface area contributed by atoms with E-state index in [2.05, 4.69) is 20.5 Å². The fourth-order valence-electron chi connectivity index (χ4n) is 2.33. The lowest BCUT2D eigenvalue weighted by molar-refractivity contribution is -0.113. The van der Waals surface area contributed by atoms with Gasteiger partial charge in [0.1, 0.15) is 17.2 Å². The third kappa shape index (κ3) is 4.50. The van der Waals surface area contributed by atoms with E-state index in [1.807, 2.05) is 0 Å². The largest absolute Gasteiger partial charge is 0.507 e. The summed E-state index contributed by atoms with van der Waals surface area (Å²) in [6.07, 6.45) is 0. The van der Waals surface area contributed by atoms with Crippen LogP contribution in [-0.4, -0.2) is 46.2 Å². The number of amides is 1. The monoisotopic (exact) mass is 386 g/mol. The summed E-state index contributed by atoms with van der Waals surface area (Å²) in [4.78, 5) is 16.5. The maximum atomic E-state index is 12.3. The first-order valence-electron chi connectivity index (χ1n) is 7.96. The van der Waals surface area contributed by atoms with Crippen molar-refractivity contribution in [2.75, 3.05) is 25.3 Å². The highest BCUT2D eigenvalue weighted by Gasteiger charge is 2.13. The second kappa shape index (κ2) is 8.45. The van der Waals surface area contributed by atoms with Crippen molar-refractivity contribution < 1.29 is 19.4 Å². The quantitative estimate of drug-likeness (QED) is 0.536. The summed E-state index contributed by atoms with van der Waals surface area (Å²) < 4.78 is 10.4. The molecule has 0 aliphatic heterocycles. The number of thioether (sulfide) groups is 1. The summed E-state index contributed by atoms with van der Waals surface area (Å²) in [5.74, 6) is 1.56. The van der Waals surface area contributed by atoms with Crippen LogP contribution < -0.4 is 14.8 Å². The molecule has 9 heteroatoms. The molecule has 1 heterocycles. The van der Waals surface area contributed by atoms with Gasteiger partial charge in [0.15, 0.2) is 5.82 Å². The number of phenols is 1. The van der Waals surface area contributed by atoms with Crippen LogP contribution in [0.15, 0.2) is 47.6 Å². The van der Waals surface area contributed by atoms with Crippen LogP contribution in [0.5, 0.6) is 17.2 Å². The Labute approximate surface area is 159 Å². The second-order valence-corrected chi connectivity index (χ2v) is 6.33. The SMILES string of the molecule is COc1ccc(OC)c(NC(=O)CSc2n[nH]c(-c3ccccc3O)n2)c1. The first kappa shape index (κ1) is 18.6. The predicted molar refractivity (Wildman–Crippen MR) is 102 cm³/mol. The van der Waals surface area contributed by atoms with Gasteiger partial charge in [0.25, 0.3) is 0 Å². The van der Waals surface area contributed by atoms with Gasteiger partial charge in [-0.3, -0.25) is 9.89 Å². The fraction of sp³-hybridized carbons (Fsp3) is 0.167. The van der Waals surface area contributed by atoms with Crippen molar-refractivity contribution in [1.82, 2.24) is 15.2 Å². The summed E-state index contributed by atoms with van der Waals surface area (Å²) in [5.41, 5.74) is 1.06. The van der Waals surface area contributed by atoms with E-state index in [0.717, 1.165) is 0 Å². The smallest absolute Gasteiger partial charge is 0.234 e. The summed E-state index contributed by atoms with van der Waals surface area (Å²) >= 11 is 1.17. The van der Waals surface area contributed by atoms with Gasteiger partial charge in [0.2, 0.25) is 11.1 Å². The number of ether oxygens (including phenoxy) is 2. The lowest BCUT2D eigenvalue weighted by Crippen LogP contribution is -2.15. The molecular weight excluding hydrogens is 368 g/mol. The summed E-state index contributed by atoms with van der Waals surface area (Å²) in [5, 5.41) is 19.9. The summed E-state index contributed by atoms with van der Waals surface area (Å²) in [7, 11) is 3.08. The molecule has 0 aliphatic rings. The molecule has 0 saturated heterocycles. The van der Waals surface area contributed by atoms with Crippen molar-refractivity contribution in [3.8, 4) is 28.6 Å². The van der Waals surface area contributed by atoms with Gasteiger partial charge in [-0.05, 0) is 24.3 Å². The van der Waals surface area contributed by atoms with Crippen molar-refractivity contribution in [3.05, 3.63) is 42.5 Å². The van der Waals surface area contributed by atoms with Crippen LogP contribution in [0.3, 0.4) is 0 Å². The number of methoxy groups -OCH3 is 2. The van der Waals surface area contributed by atoms with Gasteiger partial charge in [-0.1, -0.05) is 23.9 Å². The average Bonchev–Trinajstić information content (AvgIpc) is 3.15. The Kier molecular flexibility index (Phi) is 5.82. The van der Waals surface area contributed by atoms with E-state index in [4.69, 9.17) is 9.47 Å². The Hall–Kier alpha value is -3.20. The van der Waals surface area contributed by atoms with Gasteiger partial charge in [0, 0.05) is 6.07 Å². The normalized spacial score (nSPS) is 10.4. The van der Waals surface area contributed by atoms with Crippen LogP contribution in [0.2, 0.25) is 0 Å². The number of anilines is 1. The standard InChI is InChI=1S/C18H18N4O4S/c1-25-11-7-8-15(26-2)13(9-11)19-16(24)10-27-18-20-17(21-22-18)12-5-3-4-6-14(12)23/h3-9,23H,10H2,1-2H3,(H,19,24)(H,20,21,22). The highest BCUT2D eigenvalue weighted by molar-refractivity contribution is 7.99. The van der Waals surface area contributed by atoms with Crippen molar-refractivity contribution in [1.29, 1.82) is 0 Å². The van der Waals surface area contributed by atoms with E-state index in [0.29, 0.717) is 33.7 Å². The van der Waals surface area contributed by atoms with Gasteiger partial charge in [-0.2, -0.15) is 0 Å². The number of H-pyrrole nitrogens is 1. The molecule has 0 spiro atoms. The van der Waals surface area contributed by atoms with Gasteiger partial charge < -0.3 is 19.9 Å². The first-order chi connectivity index (χ1) is 13.1. The Morgan fingerprint density at radius 3 is 2.78 bits per heavy atom. The average molecular weight is 386 g/mol. The van der Waals surface area contributed by atoms with Crippen LogP contribution in [-0.2, 0) is 4.79 Å². The minimum Gasteiger partial charge on any atom is -0.507 e. The second-order valence-electron chi connectivity index (χ2n) is 5.39. The van der Waals surface area contributed by atoms with Gasteiger partial charge >= 0.3 is 0 Å². The molecule has 3 aromatic rings. The number of para-hydroxylation sites is 1. The fourth-order valence-corrected chi connectivity index (χ4v) is 2.93. The molecule has 0 aliphatic carbocycles. The summed E-state index contributed by atoms with van der Waals surface area (Å²) in [6.45, 7) is 0. The number of rotatable bonds is 7. The molecule has 8 nitrogen and oxygen atoms in total. The Morgan fingerprint density at radius 2 is 2.04 bits per heavy atom. The van der Waals surface area contributed by atoms with Crippen molar-refractivity contribution >= 4 is 23.4 Å². The Bertz CT molecular complexity index is 945. The number of nitrogens with one attached hydrogen (secondary N) is 2. The number of aromatic nitrogens is 3. The molecule has 0 bridgehead atoms. The van der Waals surface area contributed by atoms with Crippen molar-refractivity contribution in [2.45, 2.75) is 5.16 Å². The van der Waals surface area contributed by atoms with Crippen molar-refractivity contribution in [3.63, 3.8) is 0 Å². The van der Waals surface area contributed by atoms with Crippen LogP contribution in [0, 0.1) is 0 Å². The van der Waals surface area contributed by atoms with E-state index in [9.17, 15) is 9.90 Å². The van der Waals surface area contributed by atoms with E-state index in [-0.39, 0.29) is 17.4 Å². The molecular formula is C18H18N4O4S. The number of carbonyl (C=O) groups excluding carboxylic acids is 1. The van der Waals surface area contributed by atoms with Crippen LogP contribution >= 0.6 is 11.8 Å². The van der Waals surface area contributed by atoms with Crippen LogP contribution in [0.1, 0.15) is 0 Å². The highest BCUT2D eigenvalue weighted by atomic mass is 32.2. The number of hydrogen-bond acceptors (Lipinski definition) is 7. The topological polar surface area (TPSA) is 109 Å². The Balaban J connectivity index is 1.63. The molecule has 2 aromatic carbocycles. The number of aromatic hydroxyl groups is 1. The zero-order valence-corrected chi connectivity index (χ0v) is 15.5. The minimum absolute atomic E-state index is 0.105. The molecule has 0 unspecified atom stereocenters. The van der Waals surface area contributed by atoms with E-state index in [1.165, 1.54) is 18.9 Å². The minimum atomic E-state index is -0.236. The zero-order valence-electron chi connectivity index (χ0n) is 14.7. The molecule has 1 aromatic heterocycles. The third-order valence-corrected chi connectivity index (χ3v) is 4.48. The van der Waals surface area contributed by atoms with Gasteiger partial charge in [-0.15, -0.1) is 5.10 Å². The zero-order chi connectivity index (χ0) is 19.2. The maximum absolute atomic E-state index is 12.3. The first-order valence-corrected chi connectivity index (χ1v) is 8.94. The van der Waals surface area contributed by atoms with Gasteiger partial charge in [0.05, 0.1) is 31.2 Å². The summed E-state index contributed by atoms with van der Waals surface area (Å²) in [6, 6.07) is 12.0.